The smallest absolute Gasteiger partial charge is 0.0408 e. The van der Waals surface area contributed by atoms with Gasteiger partial charge in [0.1, 0.15) is 0 Å². The summed E-state index contributed by atoms with van der Waals surface area (Å²) in [4.78, 5) is 0. The molecule has 0 aliphatic rings. The number of halogens is 2. The minimum atomic E-state index is 0.810. The van der Waals surface area contributed by atoms with Crippen LogP contribution in [-0.2, 0) is 0 Å². The van der Waals surface area contributed by atoms with Crippen LogP contribution in [0.3, 0.4) is 0 Å². The average molecular weight is 253 g/mol. The van der Waals surface area contributed by atoms with Crippen molar-refractivity contribution in [1.82, 2.24) is 0 Å². The molecule has 0 heterocycles. The van der Waals surface area contributed by atoms with E-state index in [2.05, 4.69) is 0 Å². The van der Waals surface area contributed by atoms with E-state index in [0.717, 1.165) is 10.0 Å². The van der Waals surface area contributed by atoms with Crippen LogP contribution in [-0.4, -0.2) is 0 Å². The summed E-state index contributed by atoms with van der Waals surface area (Å²) < 4.78 is 0. The van der Waals surface area contributed by atoms with Gasteiger partial charge in [0.15, 0.2) is 0 Å². The van der Waals surface area contributed by atoms with E-state index in [0.29, 0.717) is 0 Å². The second kappa shape index (κ2) is 6.57. The van der Waals surface area contributed by atoms with E-state index in [1.165, 1.54) is 11.1 Å². The summed E-state index contributed by atoms with van der Waals surface area (Å²) in [7, 11) is 0. The van der Waals surface area contributed by atoms with Gasteiger partial charge >= 0.3 is 0 Å². The summed E-state index contributed by atoms with van der Waals surface area (Å²) in [5.74, 6) is 0. The molecule has 2 aromatic carbocycles. The highest BCUT2D eigenvalue weighted by molar-refractivity contribution is 6.30. The molecule has 2 rings (SSSR count). The molecule has 0 N–H and O–H groups in total. The van der Waals surface area contributed by atoms with Crippen LogP contribution in [0.25, 0.3) is 0 Å². The summed E-state index contributed by atoms with van der Waals surface area (Å²) in [6.07, 6.45) is 0. The third-order valence-corrected chi connectivity index (χ3v) is 2.43. The molecule has 0 aliphatic heterocycles. The normalized spacial score (nSPS) is 9.25. The molecular formula is C14H14Cl2. The quantitative estimate of drug-likeness (QED) is 0.597. The van der Waals surface area contributed by atoms with Crippen molar-refractivity contribution >= 4 is 23.2 Å². The Labute approximate surface area is 107 Å². The molecule has 2 aromatic rings. The standard InChI is InChI=1S/2C7H7Cl/c2*1-6-3-2-4-7(8)5-6/h2*2-5H,1H3. The highest BCUT2D eigenvalue weighted by Gasteiger charge is 1.83. The number of benzene rings is 2. The van der Waals surface area contributed by atoms with E-state index < -0.39 is 0 Å². The predicted octanol–water partition coefficient (Wildman–Crippen LogP) is 5.30. The highest BCUT2D eigenvalue weighted by Crippen LogP contribution is 2.09. The number of rotatable bonds is 0. The van der Waals surface area contributed by atoms with Crippen molar-refractivity contribution in [3.63, 3.8) is 0 Å². The molecule has 0 aliphatic carbocycles. The molecule has 0 saturated heterocycles. The summed E-state index contributed by atoms with van der Waals surface area (Å²) in [5, 5.41) is 1.62. The van der Waals surface area contributed by atoms with Crippen molar-refractivity contribution in [2.24, 2.45) is 0 Å². The van der Waals surface area contributed by atoms with E-state index in [-0.39, 0.29) is 0 Å². The lowest BCUT2D eigenvalue weighted by Gasteiger charge is -1.88. The molecule has 0 unspecified atom stereocenters. The Bertz CT molecular complexity index is 372. The van der Waals surface area contributed by atoms with Gasteiger partial charge in [-0.05, 0) is 49.2 Å². The van der Waals surface area contributed by atoms with Crippen LogP contribution in [0.2, 0.25) is 10.0 Å². The first-order chi connectivity index (χ1) is 7.58. The minimum absolute atomic E-state index is 0.810. The van der Waals surface area contributed by atoms with Crippen molar-refractivity contribution < 1.29 is 0 Å². The third kappa shape index (κ3) is 5.20. The Morgan fingerprint density at radius 1 is 0.688 bits per heavy atom. The summed E-state index contributed by atoms with van der Waals surface area (Å²) in [6.45, 7) is 4.04. The molecule has 84 valence electrons. The summed E-state index contributed by atoms with van der Waals surface area (Å²) in [6, 6.07) is 15.5. The number of hydrogen-bond donors (Lipinski definition) is 0. The van der Waals surface area contributed by atoms with Crippen LogP contribution in [0, 0.1) is 13.8 Å². The van der Waals surface area contributed by atoms with Gasteiger partial charge in [0.2, 0.25) is 0 Å². The van der Waals surface area contributed by atoms with Crippen molar-refractivity contribution in [1.29, 1.82) is 0 Å². The Balaban J connectivity index is 0.000000160. The van der Waals surface area contributed by atoms with E-state index in [1.807, 2.05) is 62.4 Å². The Morgan fingerprint density at radius 3 is 1.25 bits per heavy atom. The Hall–Kier alpha value is -0.980. The molecule has 0 spiro atoms. The van der Waals surface area contributed by atoms with Gasteiger partial charge in [-0.2, -0.15) is 0 Å². The summed E-state index contributed by atoms with van der Waals surface area (Å²) in [5.41, 5.74) is 2.41. The third-order valence-electron chi connectivity index (χ3n) is 1.96. The van der Waals surface area contributed by atoms with Gasteiger partial charge in [-0.1, -0.05) is 47.5 Å². The van der Waals surface area contributed by atoms with Crippen molar-refractivity contribution in [2.75, 3.05) is 0 Å². The molecule has 16 heavy (non-hydrogen) atoms. The molecule has 0 radical (unpaired) electrons. The van der Waals surface area contributed by atoms with Crippen LogP contribution in [0.1, 0.15) is 11.1 Å². The largest absolute Gasteiger partial charge is 0.0843 e. The summed E-state index contributed by atoms with van der Waals surface area (Å²) >= 11 is 11.3. The van der Waals surface area contributed by atoms with Gasteiger partial charge in [-0.25, -0.2) is 0 Å². The van der Waals surface area contributed by atoms with Gasteiger partial charge in [-0.3, -0.25) is 0 Å². The molecule has 0 amide bonds. The molecular weight excluding hydrogens is 239 g/mol. The zero-order chi connectivity index (χ0) is 12.0. The maximum atomic E-state index is 5.64. The molecule has 0 bridgehead atoms. The first-order valence-electron chi connectivity index (χ1n) is 5.02. The van der Waals surface area contributed by atoms with Gasteiger partial charge in [0.25, 0.3) is 0 Å². The van der Waals surface area contributed by atoms with E-state index in [4.69, 9.17) is 23.2 Å². The zero-order valence-electron chi connectivity index (χ0n) is 9.37. The SMILES string of the molecule is Cc1cccc(Cl)c1.Cc1cccc(Cl)c1. The Morgan fingerprint density at radius 2 is 1.06 bits per heavy atom. The first-order valence-corrected chi connectivity index (χ1v) is 5.78. The first kappa shape index (κ1) is 13.1. The predicted molar refractivity (Wildman–Crippen MR) is 72.4 cm³/mol. The topological polar surface area (TPSA) is 0 Å². The van der Waals surface area contributed by atoms with Gasteiger partial charge in [0.05, 0.1) is 0 Å². The molecule has 0 aromatic heterocycles. The lowest BCUT2D eigenvalue weighted by molar-refractivity contribution is 1.47. The fourth-order valence-electron chi connectivity index (χ4n) is 1.21. The second-order valence-corrected chi connectivity index (χ2v) is 4.47. The minimum Gasteiger partial charge on any atom is -0.0843 e. The monoisotopic (exact) mass is 252 g/mol. The number of hydrogen-bond acceptors (Lipinski definition) is 0. The average Bonchev–Trinajstić information content (AvgIpc) is 2.17. The highest BCUT2D eigenvalue weighted by atomic mass is 35.5. The fourth-order valence-corrected chi connectivity index (χ4v) is 1.70. The van der Waals surface area contributed by atoms with Crippen LogP contribution >= 0.6 is 23.2 Å². The molecule has 0 saturated carbocycles. The lowest BCUT2D eigenvalue weighted by atomic mass is 10.2. The molecule has 0 fully saturated rings. The van der Waals surface area contributed by atoms with Crippen LogP contribution in [0.15, 0.2) is 48.5 Å². The van der Waals surface area contributed by atoms with Crippen LogP contribution in [0.5, 0.6) is 0 Å². The van der Waals surface area contributed by atoms with Crippen LogP contribution < -0.4 is 0 Å². The van der Waals surface area contributed by atoms with Crippen molar-refractivity contribution in [2.45, 2.75) is 13.8 Å². The Kier molecular flexibility index (Phi) is 5.37. The molecule has 0 nitrogen and oxygen atoms in total. The lowest BCUT2D eigenvalue weighted by Crippen LogP contribution is -1.66. The maximum absolute atomic E-state index is 5.64. The van der Waals surface area contributed by atoms with Crippen molar-refractivity contribution in [3.8, 4) is 0 Å². The second-order valence-electron chi connectivity index (χ2n) is 3.60. The van der Waals surface area contributed by atoms with Gasteiger partial charge < -0.3 is 0 Å². The van der Waals surface area contributed by atoms with E-state index >= 15 is 0 Å². The van der Waals surface area contributed by atoms with Crippen molar-refractivity contribution in [3.05, 3.63) is 69.7 Å². The zero-order valence-corrected chi connectivity index (χ0v) is 10.9. The molecule has 0 atom stereocenters. The van der Waals surface area contributed by atoms with Gasteiger partial charge in [-0.15, -0.1) is 0 Å². The molecule has 2 heteroatoms. The van der Waals surface area contributed by atoms with E-state index in [1.54, 1.807) is 0 Å². The van der Waals surface area contributed by atoms with Gasteiger partial charge in [0, 0.05) is 10.0 Å². The van der Waals surface area contributed by atoms with Crippen LogP contribution in [0.4, 0.5) is 0 Å². The fraction of sp³-hybridized carbons (Fsp3) is 0.143. The van der Waals surface area contributed by atoms with E-state index in [9.17, 15) is 0 Å². The number of aryl methyl sites for hydroxylation is 2. The maximum Gasteiger partial charge on any atom is 0.0408 e.